The molecule has 0 saturated heterocycles. The van der Waals surface area contributed by atoms with E-state index in [1.807, 2.05) is 48.5 Å². The van der Waals surface area contributed by atoms with E-state index in [1.165, 1.54) is 21.9 Å². The molecular formula is C55H35N3O2. The lowest BCUT2D eigenvalue weighted by molar-refractivity contribution is 0.622. The third-order valence-electron chi connectivity index (χ3n) is 11.6. The van der Waals surface area contributed by atoms with Crippen LogP contribution in [0.2, 0.25) is 0 Å². The van der Waals surface area contributed by atoms with E-state index in [1.54, 1.807) is 0 Å². The van der Waals surface area contributed by atoms with Crippen LogP contribution in [-0.2, 0) is 0 Å². The molecule has 0 N–H and O–H groups in total. The number of anilines is 3. The lowest BCUT2D eigenvalue weighted by Gasteiger charge is -2.26. The largest absolute Gasteiger partial charge is 0.455 e. The van der Waals surface area contributed by atoms with Crippen LogP contribution in [0.4, 0.5) is 17.1 Å². The molecule has 12 rings (SSSR count). The van der Waals surface area contributed by atoms with Crippen molar-refractivity contribution in [2.45, 2.75) is 0 Å². The minimum absolute atomic E-state index is 0.585. The zero-order chi connectivity index (χ0) is 39.6. The summed E-state index contributed by atoms with van der Waals surface area (Å²) in [6, 6.07) is 74.6. The maximum absolute atomic E-state index is 6.65. The number of fused-ring (bicyclic) bond motifs is 8. The molecule has 0 radical (unpaired) electrons. The number of oxazole rings is 1. The standard InChI is InChI=1S/C55H35N3O2/c1-4-15-36(16-5-1)39-19-14-22-42(33-39)57(43-31-32-45-44-23-10-12-25-49(44)58(50(45)34-43)40-20-8-3-9-21-40)41-29-27-37(28-30-41)47-35-48-54(60-55(56-48)38-17-6-2-7-18-38)52-46-24-11-13-26-51(46)59-53(47)52/h1-35H. The summed E-state index contributed by atoms with van der Waals surface area (Å²) in [6.07, 6.45) is 0. The van der Waals surface area contributed by atoms with Gasteiger partial charge in [-0.05, 0) is 95.6 Å². The van der Waals surface area contributed by atoms with Crippen molar-refractivity contribution in [1.29, 1.82) is 0 Å². The van der Waals surface area contributed by atoms with Gasteiger partial charge in [-0.15, -0.1) is 0 Å². The predicted molar refractivity (Wildman–Crippen MR) is 247 cm³/mol. The molecule has 5 nitrogen and oxygen atoms in total. The Balaban J connectivity index is 1.04. The minimum atomic E-state index is 0.585. The summed E-state index contributed by atoms with van der Waals surface area (Å²) in [5.41, 5.74) is 14.9. The second-order valence-electron chi connectivity index (χ2n) is 15.1. The summed E-state index contributed by atoms with van der Waals surface area (Å²) in [5, 5.41) is 4.36. The molecule has 0 spiro atoms. The van der Waals surface area contributed by atoms with Crippen molar-refractivity contribution < 1.29 is 8.83 Å². The number of aromatic nitrogens is 2. The van der Waals surface area contributed by atoms with Gasteiger partial charge in [0, 0.05) is 50.0 Å². The van der Waals surface area contributed by atoms with Gasteiger partial charge in [-0.25, -0.2) is 4.98 Å². The van der Waals surface area contributed by atoms with Crippen LogP contribution in [0.3, 0.4) is 0 Å². The summed E-state index contributed by atoms with van der Waals surface area (Å²) < 4.78 is 15.5. The van der Waals surface area contributed by atoms with E-state index < -0.39 is 0 Å². The molecule has 3 heterocycles. The number of hydrogen-bond donors (Lipinski definition) is 0. The molecule has 0 aliphatic heterocycles. The van der Waals surface area contributed by atoms with Crippen molar-refractivity contribution in [2.75, 3.05) is 4.90 Å². The molecule has 0 saturated carbocycles. The van der Waals surface area contributed by atoms with E-state index in [2.05, 4.69) is 173 Å². The zero-order valence-corrected chi connectivity index (χ0v) is 32.4. The van der Waals surface area contributed by atoms with Gasteiger partial charge in [0.2, 0.25) is 5.89 Å². The maximum Gasteiger partial charge on any atom is 0.227 e. The Morgan fingerprint density at radius 2 is 1.03 bits per heavy atom. The van der Waals surface area contributed by atoms with Crippen LogP contribution in [0.1, 0.15) is 0 Å². The van der Waals surface area contributed by atoms with Crippen LogP contribution in [-0.4, -0.2) is 9.55 Å². The summed E-state index contributed by atoms with van der Waals surface area (Å²) in [5.74, 6) is 0.585. The van der Waals surface area contributed by atoms with E-state index in [0.29, 0.717) is 5.89 Å². The van der Waals surface area contributed by atoms with Crippen molar-refractivity contribution in [1.82, 2.24) is 9.55 Å². The number of furan rings is 1. The van der Waals surface area contributed by atoms with Gasteiger partial charge in [-0.1, -0.05) is 133 Å². The second-order valence-corrected chi connectivity index (χ2v) is 15.1. The van der Waals surface area contributed by atoms with E-state index in [9.17, 15) is 0 Å². The number of rotatable bonds is 7. The second kappa shape index (κ2) is 13.8. The van der Waals surface area contributed by atoms with Crippen LogP contribution in [0.5, 0.6) is 0 Å². The Morgan fingerprint density at radius 1 is 0.400 bits per heavy atom. The zero-order valence-electron chi connectivity index (χ0n) is 32.4. The molecule has 5 heteroatoms. The van der Waals surface area contributed by atoms with Crippen molar-refractivity contribution in [3.63, 3.8) is 0 Å². The molecule has 0 fully saturated rings. The van der Waals surface area contributed by atoms with Crippen LogP contribution >= 0.6 is 0 Å². The number of hydrogen-bond acceptors (Lipinski definition) is 4. The Morgan fingerprint density at radius 3 is 1.83 bits per heavy atom. The molecule has 12 aromatic rings. The predicted octanol–water partition coefficient (Wildman–Crippen LogP) is 15.3. The Kier molecular flexibility index (Phi) is 7.78. The average Bonchev–Trinajstić information content (AvgIpc) is 4.02. The molecule has 0 aliphatic rings. The van der Waals surface area contributed by atoms with E-state index in [-0.39, 0.29) is 0 Å². The molecule has 3 aromatic heterocycles. The lowest BCUT2D eigenvalue weighted by atomic mass is 10.0. The molecule has 282 valence electrons. The lowest BCUT2D eigenvalue weighted by Crippen LogP contribution is -2.10. The van der Waals surface area contributed by atoms with Crippen LogP contribution in [0, 0.1) is 0 Å². The van der Waals surface area contributed by atoms with Gasteiger partial charge < -0.3 is 18.3 Å². The summed E-state index contributed by atoms with van der Waals surface area (Å²) in [4.78, 5) is 7.37. The highest BCUT2D eigenvalue weighted by molar-refractivity contribution is 6.20. The number of nitrogens with zero attached hydrogens (tertiary/aromatic N) is 3. The Labute approximate surface area is 345 Å². The highest BCUT2D eigenvalue weighted by atomic mass is 16.4. The van der Waals surface area contributed by atoms with Crippen LogP contribution < -0.4 is 4.90 Å². The summed E-state index contributed by atoms with van der Waals surface area (Å²) >= 11 is 0. The minimum Gasteiger partial charge on any atom is -0.455 e. The summed E-state index contributed by atoms with van der Waals surface area (Å²) in [6.45, 7) is 0. The maximum atomic E-state index is 6.65. The van der Waals surface area contributed by atoms with Crippen molar-refractivity contribution in [2.24, 2.45) is 0 Å². The molecule has 0 atom stereocenters. The molecule has 0 amide bonds. The van der Waals surface area contributed by atoms with Gasteiger partial charge in [-0.2, -0.15) is 0 Å². The van der Waals surface area contributed by atoms with E-state index in [4.69, 9.17) is 13.8 Å². The van der Waals surface area contributed by atoms with Gasteiger partial charge in [-0.3, -0.25) is 0 Å². The molecule has 60 heavy (non-hydrogen) atoms. The highest BCUT2D eigenvalue weighted by Crippen LogP contribution is 2.44. The third kappa shape index (κ3) is 5.52. The fourth-order valence-electron chi connectivity index (χ4n) is 8.84. The first-order chi connectivity index (χ1) is 29.7. The number of benzene rings is 9. The molecule has 9 aromatic carbocycles. The Hall–Kier alpha value is -8.15. The third-order valence-corrected chi connectivity index (χ3v) is 11.6. The van der Waals surface area contributed by atoms with Crippen LogP contribution in [0.25, 0.3) is 94.2 Å². The highest BCUT2D eigenvalue weighted by Gasteiger charge is 2.22. The SMILES string of the molecule is c1ccc(-c2cccc(N(c3ccc(-c4cc5nc(-c6ccccc6)oc5c5c4oc4ccccc45)cc3)c3ccc4c5ccccc5n(-c5ccccc5)c4c3)c2)cc1. The van der Waals surface area contributed by atoms with E-state index >= 15 is 0 Å². The van der Waals surface area contributed by atoms with Gasteiger partial charge in [0.25, 0.3) is 0 Å². The fraction of sp³-hybridized carbons (Fsp3) is 0. The van der Waals surface area contributed by atoms with Gasteiger partial charge in [0.15, 0.2) is 5.58 Å². The van der Waals surface area contributed by atoms with Crippen molar-refractivity contribution in [3.8, 4) is 39.4 Å². The number of para-hydroxylation sites is 3. The van der Waals surface area contributed by atoms with Gasteiger partial charge >= 0.3 is 0 Å². The van der Waals surface area contributed by atoms with Gasteiger partial charge in [0.1, 0.15) is 16.7 Å². The van der Waals surface area contributed by atoms with Crippen molar-refractivity contribution >= 4 is 71.9 Å². The fourth-order valence-corrected chi connectivity index (χ4v) is 8.84. The quantitative estimate of drug-likeness (QED) is 0.162. The first kappa shape index (κ1) is 33.9. The smallest absolute Gasteiger partial charge is 0.227 e. The molecular weight excluding hydrogens is 735 g/mol. The van der Waals surface area contributed by atoms with Gasteiger partial charge in [0.05, 0.1) is 16.4 Å². The molecule has 0 bridgehead atoms. The summed E-state index contributed by atoms with van der Waals surface area (Å²) in [7, 11) is 0. The molecule has 0 unspecified atom stereocenters. The van der Waals surface area contributed by atoms with Crippen molar-refractivity contribution in [3.05, 3.63) is 212 Å². The van der Waals surface area contributed by atoms with Crippen LogP contribution in [0.15, 0.2) is 221 Å². The Bertz CT molecular complexity index is 3530. The normalized spacial score (nSPS) is 11.7. The van der Waals surface area contributed by atoms with E-state index in [0.717, 1.165) is 83.6 Å². The average molecular weight is 770 g/mol. The topological polar surface area (TPSA) is 47.3 Å². The molecule has 0 aliphatic carbocycles. The monoisotopic (exact) mass is 769 g/mol. The first-order valence-electron chi connectivity index (χ1n) is 20.2. The first-order valence-corrected chi connectivity index (χ1v) is 20.2.